The molecule has 1 N–H and O–H groups in total. The van der Waals surface area contributed by atoms with Crippen LogP contribution in [0.5, 0.6) is 0 Å². The van der Waals surface area contributed by atoms with Gasteiger partial charge in [-0.05, 0) is 11.4 Å². The van der Waals surface area contributed by atoms with E-state index in [-0.39, 0.29) is 11.8 Å². The van der Waals surface area contributed by atoms with Gasteiger partial charge in [-0.1, -0.05) is 6.07 Å². The lowest BCUT2D eigenvalue weighted by Gasteiger charge is -2.33. The van der Waals surface area contributed by atoms with E-state index in [1.807, 2.05) is 0 Å². The Kier molecular flexibility index (Phi) is 4.16. The summed E-state index contributed by atoms with van der Waals surface area (Å²) in [7, 11) is 0. The summed E-state index contributed by atoms with van der Waals surface area (Å²) in [6.07, 6.45) is 0. The van der Waals surface area contributed by atoms with Crippen LogP contribution in [-0.4, -0.2) is 53.8 Å². The van der Waals surface area contributed by atoms with Crippen LogP contribution in [0.15, 0.2) is 17.5 Å². The van der Waals surface area contributed by atoms with Crippen molar-refractivity contribution < 1.29 is 14.4 Å². The van der Waals surface area contributed by atoms with Gasteiger partial charge in [0.25, 0.3) is 5.91 Å². The van der Waals surface area contributed by atoms with E-state index in [1.54, 1.807) is 27.3 Å². The maximum absolute atomic E-state index is 11.9. The molecule has 1 aromatic rings. The molecule has 1 fully saturated rings. The molecule has 0 bridgehead atoms. The summed E-state index contributed by atoms with van der Waals surface area (Å²) in [6, 6.07) is 3.03. The number of hydrogen-bond donors (Lipinski definition) is 1. The zero-order valence-corrected chi connectivity index (χ0v) is 11.4. The molecule has 2 rings (SSSR count). The van der Waals surface area contributed by atoms with Crippen LogP contribution in [0.2, 0.25) is 0 Å². The van der Waals surface area contributed by atoms with E-state index in [0.29, 0.717) is 31.1 Å². The van der Waals surface area contributed by atoms with Gasteiger partial charge in [0.15, 0.2) is 0 Å². The van der Waals surface area contributed by atoms with Crippen molar-refractivity contribution in [1.29, 1.82) is 0 Å². The standard InChI is InChI=1S/C12H15N3O3S/c1-9(16)14-4-6-15(7-5-14)12(18)13-11(17)10-3-2-8-19-10/h2-3,8H,4-7H2,1H3,(H,13,17,18). The van der Waals surface area contributed by atoms with E-state index in [1.165, 1.54) is 18.3 Å². The molecule has 1 aliphatic heterocycles. The number of carbonyl (C=O) groups is 3. The van der Waals surface area contributed by atoms with Gasteiger partial charge in [0.2, 0.25) is 5.91 Å². The fraction of sp³-hybridized carbons (Fsp3) is 0.417. The Morgan fingerprint density at radius 2 is 1.79 bits per heavy atom. The SMILES string of the molecule is CC(=O)N1CCN(C(=O)NC(=O)c2cccs2)CC1. The molecule has 0 radical (unpaired) electrons. The number of nitrogens with one attached hydrogen (secondary N) is 1. The highest BCUT2D eigenvalue weighted by Crippen LogP contribution is 2.08. The first-order valence-electron chi connectivity index (χ1n) is 5.97. The van der Waals surface area contributed by atoms with Crippen LogP contribution < -0.4 is 5.32 Å². The summed E-state index contributed by atoms with van der Waals surface area (Å²) >= 11 is 1.29. The predicted molar refractivity (Wildman–Crippen MR) is 71.0 cm³/mol. The van der Waals surface area contributed by atoms with Gasteiger partial charge in [-0.25, -0.2) is 4.79 Å². The van der Waals surface area contributed by atoms with Crippen LogP contribution >= 0.6 is 11.3 Å². The number of thiophene rings is 1. The van der Waals surface area contributed by atoms with Gasteiger partial charge in [0.05, 0.1) is 4.88 Å². The second kappa shape index (κ2) is 5.83. The lowest BCUT2D eigenvalue weighted by atomic mass is 10.3. The van der Waals surface area contributed by atoms with E-state index in [2.05, 4.69) is 5.32 Å². The topological polar surface area (TPSA) is 69.7 Å². The molecule has 0 saturated carbocycles. The summed E-state index contributed by atoms with van der Waals surface area (Å²) in [4.78, 5) is 38.5. The number of nitrogens with zero attached hydrogens (tertiary/aromatic N) is 2. The predicted octanol–water partition coefficient (Wildman–Crippen LogP) is 0.762. The van der Waals surface area contributed by atoms with Gasteiger partial charge in [0, 0.05) is 33.1 Å². The van der Waals surface area contributed by atoms with Gasteiger partial charge in [-0.15, -0.1) is 11.3 Å². The number of amides is 4. The molecule has 1 aliphatic rings. The molecule has 6 nitrogen and oxygen atoms in total. The summed E-state index contributed by atoms with van der Waals surface area (Å²) in [5, 5.41) is 4.13. The van der Waals surface area contributed by atoms with E-state index in [9.17, 15) is 14.4 Å². The van der Waals surface area contributed by atoms with Crippen molar-refractivity contribution in [2.75, 3.05) is 26.2 Å². The van der Waals surface area contributed by atoms with E-state index >= 15 is 0 Å². The normalized spacial score (nSPS) is 15.2. The Morgan fingerprint density at radius 3 is 2.32 bits per heavy atom. The number of hydrogen-bond acceptors (Lipinski definition) is 4. The molecule has 0 aliphatic carbocycles. The number of imide groups is 1. The molecule has 1 aromatic heterocycles. The molecule has 0 unspecified atom stereocenters. The van der Waals surface area contributed by atoms with Crippen LogP contribution in [-0.2, 0) is 4.79 Å². The van der Waals surface area contributed by atoms with E-state index < -0.39 is 6.03 Å². The molecule has 0 atom stereocenters. The summed E-state index contributed by atoms with van der Waals surface area (Å²) in [5.74, 6) is -0.372. The van der Waals surface area contributed by atoms with Gasteiger partial charge in [-0.2, -0.15) is 0 Å². The molecule has 0 aromatic carbocycles. The quantitative estimate of drug-likeness (QED) is 0.826. The number of urea groups is 1. The fourth-order valence-corrected chi connectivity index (χ4v) is 2.49. The smallest absolute Gasteiger partial charge is 0.324 e. The van der Waals surface area contributed by atoms with E-state index in [4.69, 9.17) is 0 Å². The summed E-state index contributed by atoms with van der Waals surface area (Å²) in [6.45, 7) is 3.42. The van der Waals surface area contributed by atoms with Gasteiger partial charge < -0.3 is 9.80 Å². The van der Waals surface area contributed by atoms with E-state index in [0.717, 1.165) is 0 Å². The van der Waals surface area contributed by atoms with Crippen molar-refractivity contribution in [3.63, 3.8) is 0 Å². The van der Waals surface area contributed by atoms with Crippen LogP contribution in [0, 0.1) is 0 Å². The van der Waals surface area contributed by atoms with Crippen molar-refractivity contribution >= 4 is 29.2 Å². The molecule has 2 heterocycles. The molecule has 4 amide bonds. The minimum Gasteiger partial charge on any atom is -0.339 e. The van der Waals surface area contributed by atoms with Crippen molar-refractivity contribution in [3.8, 4) is 0 Å². The van der Waals surface area contributed by atoms with Crippen LogP contribution in [0.4, 0.5) is 4.79 Å². The third kappa shape index (κ3) is 3.31. The first-order chi connectivity index (χ1) is 9.08. The number of carbonyl (C=O) groups excluding carboxylic acids is 3. The Balaban J connectivity index is 1.85. The van der Waals surface area contributed by atoms with Crippen LogP contribution in [0.25, 0.3) is 0 Å². The first-order valence-corrected chi connectivity index (χ1v) is 6.85. The molecule has 1 saturated heterocycles. The van der Waals surface area contributed by atoms with Gasteiger partial charge >= 0.3 is 6.03 Å². The van der Waals surface area contributed by atoms with Crippen LogP contribution in [0.3, 0.4) is 0 Å². The number of rotatable bonds is 1. The zero-order chi connectivity index (χ0) is 13.8. The summed E-state index contributed by atoms with van der Waals surface area (Å²) in [5.41, 5.74) is 0. The van der Waals surface area contributed by atoms with Crippen LogP contribution in [0.1, 0.15) is 16.6 Å². The lowest BCUT2D eigenvalue weighted by Crippen LogP contribution is -2.53. The highest BCUT2D eigenvalue weighted by molar-refractivity contribution is 7.12. The Labute approximate surface area is 115 Å². The molecule has 19 heavy (non-hydrogen) atoms. The molecular formula is C12H15N3O3S. The molecule has 102 valence electrons. The Hall–Kier alpha value is -1.89. The zero-order valence-electron chi connectivity index (χ0n) is 10.6. The van der Waals surface area contributed by atoms with Crippen molar-refractivity contribution in [2.24, 2.45) is 0 Å². The minimum atomic E-state index is -0.401. The summed E-state index contributed by atoms with van der Waals surface area (Å²) < 4.78 is 0. The highest BCUT2D eigenvalue weighted by Gasteiger charge is 2.23. The third-order valence-electron chi connectivity index (χ3n) is 2.98. The maximum Gasteiger partial charge on any atom is 0.324 e. The van der Waals surface area contributed by atoms with Crippen molar-refractivity contribution in [1.82, 2.24) is 15.1 Å². The molecule has 0 spiro atoms. The van der Waals surface area contributed by atoms with Gasteiger partial charge in [-0.3, -0.25) is 14.9 Å². The average Bonchev–Trinajstić information content (AvgIpc) is 2.92. The van der Waals surface area contributed by atoms with Crippen molar-refractivity contribution in [3.05, 3.63) is 22.4 Å². The average molecular weight is 281 g/mol. The third-order valence-corrected chi connectivity index (χ3v) is 3.85. The lowest BCUT2D eigenvalue weighted by molar-refractivity contribution is -0.130. The first kappa shape index (κ1) is 13.5. The Bertz CT molecular complexity index is 478. The fourth-order valence-electron chi connectivity index (χ4n) is 1.87. The Morgan fingerprint density at radius 1 is 1.16 bits per heavy atom. The molecular weight excluding hydrogens is 266 g/mol. The number of piperazine rings is 1. The van der Waals surface area contributed by atoms with Gasteiger partial charge in [0.1, 0.15) is 0 Å². The molecule has 7 heteroatoms. The van der Waals surface area contributed by atoms with Crippen molar-refractivity contribution in [2.45, 2.75) is 6.92 Å². The maximum atomic E-state index is 11.9. The largest absolute Gasteiger partial charge is 0.339 e. The second-order valence-electron chi connectivity index (χ2n) is 4.23. The monoisotopic (exact) mass is 281 g/mol. The second-order valence-corrected chi connectivity index (χ2v) is 5.18. The highest BCUT2D eigenvalue weighted by atomic mass is 32.1. The minimum absolute atomic E-state index is 0.00900.